The summed E-state index contributed by atoms with van der Waals surface area (Å²) < 4.78 is 25.6. The normalized spacial score (nSPS) is 7.50. The molecule has 0 N–H and O–H groups in total. The first-order chi connectivity index (χ1) is 5.20. The molecule has 0 saturated heterocycles. The van der Waals surface area contributed by atoms with Gasteiger partial charge in [0.05, 0.1) is 0 Å². The summed E-state index contributed by atoms with van der Waals surface area (Å²) in [6, 6.07) is 0. The minimum Gasteiger partial charge on any atom is -0.813 e. The third kappa shape index (κ3) is 312. The smallest absolute Gasteiger partial charge is 0.813 e. The molecular weight excluding hydrogens is 551 g/mol. The molecule has 0 aliphatic carbocycles. The van der Waals surface area contributed by atoms with E-state index in [-0.39, 0.29) is 79.9 Å². The minimum atomic E-state index is -3.63. The summed E-state index contributed by atoms with van der Waals surface area (Å²) in [6.07, 6.45) is 0. The predicted octanol–water partition coefficient (Wildman–Crippen LogP) is -5.71. The summed E-state index contributed by atoms with van der Waals surface area (Å²) in [5.74, 6) is 0. The van der Waals surface area contributed by atoms with Gasteiger partial charge in [0.2, 0.25) is 0 Å². The van der Waals surface area contributed by atoms with Crippen LogP contribution in [0.1, 0.15) is 0 Å². The van der Waals surface area contributed by atoms with Crippen molar-refractivity contribution in [2.75, 3.05) is 0 Å². The van der Waals surface area contributed by atoms with Gasteiger partial charge in [-0.3, -0.25) is 0 Å². The maximum Gasteiger partial charge on any atom is 3.00 e. The van der Waals surface area contributed by atoms with E-state index in [4.69, 9.17) is 43.1 Å². The van der Waals surface area contributed by atoms with Crippen LogP contribution in [0.25, 0.3) is 0 Å². The van der Waals surface area contributed by atoms with Crippen LogP contribution in [0.3, 0.4) is 0 Å². The van der Waals surface area contributed by atoms with Crippen molar-refractivity contribution in [2.24, 2.45) is 0 Å². The Morgan fingerprint density at radius 1 is 0.500 bits per heavy atom. The van der Waals surface area contributed by atoms with E-state index < -0.39 is 24.8 Å². The summed E-state index contributed by atoms with van der Waals surface area (Å²) >= 11 is 0. The summed E-state index contributed by atoms with van der Waals surface area (Å²) in [5.41, 5.74) is 0. The molecule has 0 heterocycles. The molecule has 0 aliphatic heterocycles. The topological polar surface area (TPSA) is 190 Å². The Kier molecular flexibility index (Phi) is 54.2. The molecule has 0 unspecified atom stereocenters. The maximum absolute atomic E-state index is 8.52. The van der Waals surface area contributed by atoms with Crippen LogP contribution in [0.5, 0.6) is 0 Å². The molecule has 0 aromatic rings. The Morgan fingerprint density at radius 3 is 0.500 bits per heavy atom. The molecular formula is H3Gd2O9P3. The van der Waals surface area contributed by atoms with E-state index in [1.165, 1.54) is 0 Å². The Bertz CT molecular complexity index is 116. The van der Waals surface area contributed by atoms with Crippen molar-refractivity contribution < 1.29 is 123 Å². The molecule has 0 aromatic carbocycles. The van der Waals surface area contributed by atoms with Gasteiger partial charge in [0, 0.05) is 0 Å². The van der Waals surface area contributed by atoms with Gasteiger partial charge in [0.25, 0.3) is 0 Å². The molecule has 0 spiro atoms. The van der Waals surface area contributed by atoms with Crippen molar-refractivity contribution in [2.45, 2.75) is 0 Å². The zero-order chi connectivity index (χ0) is 10.7. The van der Waals surface area contributed by atoms with E-state index in [9.17, 15) is 0 Å². The van der Waals surface area contributed by atoms with Crippen LogP contribution in [0.4, 0.5) is 0 Å². The van der Waals surface area contributed by atoms with Crippen LogP contribution >= 0.6 is 24.8 Å². The molecule has 88 valence electrons. The second-order valence-corrected chi connectivity index (χ2v) is 2.25. The zero-order valence-electron chi connectivity index (χ0n) is 5.88. The average Bonchev–Trinajstić information content (AvgIpc) is 1.54. The van der Waals surface area contributed by atoms with Crippen molar-refractivity contribution in [3.05, 3.63) is 0 Å². The zero-order valence-corrected chi connectivity index (χ0v) is 13.4. The predicted molar refractivity (Wildman–Crippen MR) is 27.0 cm³/mol. The van der Waals surface area contributed by atoms with Crippen LogP contribution in [0.15, 0.2) is 0 Å². The van der Waals surface area contributed by atoms with Gasteiger partial charge < -0.3 is 43.1 Å². The van der Waals surface area contributed by atoms with Crippen molar-refractivity contribution in [3.63, 3.8) is 0 Å². The van der Waals surface area contributed by atoms with Crippen molar-refractivity contribution in [1.29, 1.82) is 0 Å². The van der Waals surface area contributed by atoms with Crippen LogP contribution in [0.2, 0.25) is 0 Å². The standard InChI is InChI=1S/2Gd.3H3O3P/c;;3*1-4(2)3/h;;3*4H,(H2,1,2,3)/q2*+3;;;/p-6. The van der Waals surface area contributed by atoms with Gasteiger partial charge in [0.15, 0.2) is 0 Å². The van der Waals surface area contributed by atoms with Crippen molar-refractivity contribution in [1.82, 2.24) is 0 Å². The molecule has 0 atom stereocenters. The Labute approximate surface area is 145 Å². The second kappa shape index (κ2) is 25.1. The Hall–Kier alpha value is 3.10. The third-order valence-electron chi connectivity index (χ3n) is 0. The van der Waals surface area contributed by atoms with Crippen LogP contribution in [-0.4, -0.2) is 0 Å². The molecule has 9 nitrogen and oxygen atoms in total. The Morgan fingerprint density at radius 2 is 0.500 bits per heavy atom. The molecule has 0 saturated carbocycles. The Balaban J connectivity index is -0.0000000270. The summed E-state index contributed by atoms with van der Waals surface area (Å²) in [7, 11) is -10.9. The SMILES string of the molecule is O=[PH]([O-])[O-].O=[PH]([O-])[O-].O=[PH]([O-])[O-].[Gd+3].[Gd+3]. The third-order valence-corrected chi connectivity index (χ3v) is 0. The summed E-state index contributed by atoms with van der Waals surface area (Å²) in [6.45, 7) is 0. The average molecular weight is 554 g/mol. The van der Waals surface area contributed by atoms with Crippen LogP contribution in [-0.2, 0) is 13.7 Å². The molecule has 2 radical (unpaired) electrons. The molecule has 14 heteroatoms. The van der Waals surface area contributed by atoms with Gasteiger partial charge in [-0.05, 0) is 0 Å². The maximum atomic E-state index is 8.52. The van der Waals surface area contributed by atoms with E-state index in [1.54, 1.807) is 0 Å². The van der Waals surface area contributed by atoms with Crippen molar-refractivity contribution >= 4 is 24.8 Å². The van der Waals surface area contributed by atoms with Crippen LogP contribution < -0.4 is 29.4 Å². The van der Waals surface area contributed by atoms with Gasteiger partial charge >= 0.3 is 79.9 Å². The molecule has 0 aromatic heterocycles. The van der Waals surface area contributed by atoms with E-state index in [0.29, 0.717) is 0 Å². The second-order valence-electron chi connectivity index (χ2n) is 0.750. The van der Waals surface area contributed by atoms with Gasteiger partial charge in [-0.2, -0.15) is 0 Å². The van der Waals surface area contributed by atoms with Gasteiger partial charge in [-0.25, -0.2) is 0 Å². The van der Waals surface area contributed by atoms with Gasteiger partial charge in [-0.1, -0.05) is 24.8 Å². The quantitative estimate of drug-likeness (QED) is 0.263. The first kappa shape index (κ1) is 30.3. The molecule has 0 fully saturated rings. The largest absolute Gasteiger partial charge is 3.00 e. The van der Waals surface area contributed by atoms with Gasteiger partial charge in [-0.15, -0.1) is 0 Å². The first-order valence-corrected chi connectivity index (χ1v) is 5.51. The molecule has 0 bridgehead atoms. The number of hydrogen-bond acceptors (Lipinski definition) is 9. The monoisotopic (exact) mass is 556 g/mol. The summed E-state index contributed by atoms with van der Waals surface area (Å²) in [4.78, 5) is 51.1. The van der Waals surface area contributed by atoms with Gasteiger partial charge in [0.1, 0.15) is 0 Å². The fraction of sp³-hybridized carbons (Fsp3) is 0. The first-order valence-electron chi connectivity index (χ1n) is 1.84. The summed E-state index contributed by atoms with van der Waals surface area (Å²) in [5, 5.41) is 0. The van der Waals surface area contributed by atoms with E-state index in [2.05, 4.69) is 0 Å². The minimum absolute atomic E-state index is 0. The van der Waals surface area contributed by atoms with Crippen molar-refractivity contribution in [3.8, 4) is 0 Å². The molecule has 14 heavy (non-hydrogen) atoms. The number of hydrogen-bond donors (Lipinski definition) is 0. The number of rotatable bonds is 0. The van der Waals surface area contributed by atoms with E-state index in [1.807, 2.05) is 0 Å². The fourth-order valence-electron chi connectivity index (χ4n) is 0. The molecule has 0 amide bonds. The molecule has 0 rings (SSSR count). The fourth-order valence-corrected chi connectivity index (χ4v) is 0. The van der Waals surface area contributed by atoms with E-state index >= 15 is 0 Å². The van der Waals surface area contributed by atoms with E-state index in [0.717, 1.165) is 0 Å². The molecule has 0 aliphatic rings. The van der Waals surface area contributed by atoms with Crippen LogP contribution in [0, 0.1) is 79.9 Å².